The molecule has 0 aliphatic carbocycles. The van der Waals surface area contributed by atoms with E-state index in [0.717, 1.165) is 38.0 Å². The minimum absolute atomic E-state index is 0.0237. The Hall–Kier alpha value is -2.05. The van der Waals surface area contributed by atoms with Crippen molar-refractivity contribution >= 4 is 11.6 Å². The molecule has 5 aliphatic heterocycles. The van der Waals surface area contributed by atoms with E-state index >= 15 is 0 Å². The molecular formula is C28H43N7O3. The number of benzene rings is 1. The molecule has 2 bridgehead atoms. The lowest BCUT2D eigenvalue weighted by molar-refractivity contribution is -0.149. The molecule has 0 radical (unpaired) electrons. The second kappa shape index (κ2) is 10.8. The third-order valence-corrected chi connectivity index (χ3v) is 8.50. The van der Waals surface area contributed by atoms with Crippen molar-refractivity contribution in [3.05, 3.63) is 41.5 Å². The average molecular weight is 526 g/mol. The number of carbonyl (C=O) groups is 1. The van der Waals surface area contributed by atoms with Crippen LogP contribution in [0.1, 0.15) is 44.2 Å². The van der Waals surface area contributed by atoms with E-state index in [-0.39, 0.29) is 42.1 Å². The smallest absolute Gasteiger partial charge is 0.244 e. The highest BCUT2D eigenvalue weighted by molar-refractivity contribution is 5.82. The summed E-state index contributed by atoms with van der Waals surface area (Å²) in [4.78, 5) is 16.0. The number of hydrogen-bond acceptors (Lipinski definition) is 9. The van der Waals surface area contributed by atoms with Crippen LogP contribution in [0.15, 0.2) is 30.4 Å². The van der Waals surface area contributed by atoms with Crippen molar-refractivity contribution in [3.8, 4) is 0 Å². The number of hydrazine groups is 1. The highest BCUT2D eigenvalue weighted by Gasteiger charge is 2.52. The fraction of sp³-hybridized carbons (Fsp3) is 0.679. The van der Waals surface area contributed by atoms with Gasteiger partial charge in [0.15, 0.2) is 0 Å². The number of carbonyl (C=O) groups excluding carboxylic acids is 1. The molecule has 0 spiro atoms. The molecule has 3 fully saturated rings. The summed E-state index contributed by atoms with van der Waals surface area (Å²) in [5.74, 6) is -0.00918. The molecule has 1 aromatic rings. The molecule has 0 saturated carbocycles. The normalized spacial score (nSPS) is 35.2. The predicted octanol–water partition coefficient (Wildman–Crippen LogP) is 1.33. The molecule has 1 amide bonds. The number of rotatable bonds is 2. The Morgan fingerprint density at radius 3 is 2.92 bits per heavy atom. The van der Waals surface area contributed by atoms with E-state index in [0.29, 0.717) is 32.9 Å². The van der Waals surface area contributed by atoms with Crippen LogP contribution in [-0.2, 0) is 26.2 Å². The monoisotopic (exact) mass is 525 g/mol. The maximum atomic E-state index is 13.6. The predicted molar refractivity (Wildman–Crippen MR) is 146 cm³/mol. The van der Waals surface area contributed by atoms with E-state index in [2.05, 4.69) is 70.3 Å². The van der Waals surface area contributed by atoms with Gasteiger partial charge in [-0.15, -0.1) is 0 Å². The number of hydrogen-bond donors (Lipinski definition) is 4. The third kappa shape index (κ3) is 5.23. The first-order chi connectivity index (χ1) is 18.4. The van der Waals surface area contributed by atoms with Crippen LogP contribution in [0.3, 0.4) is 0 Å². The topological polar surface area (TPSA) is 93.4 Å². The van der Waals surface area contributed by atoms with Crippen molar-refractivity contribution in [2.45, 2.75) is 69.9 Å². The number of likely N-dealkylation sites (N-methyl/N-ethyl adjacent to an activating group) is 1. The molecule has 208 valence electrons. The Morgan fingerprint density at radius 1 is 1.13 bits per heavy atom. The minimum atomic E-state index is -0.160. The van der Waals surface area contributed by atoms with Gasteiger partial charge in [0.25, 0.3) is 0 Å². The Morgan fingerprint density at radius 2 is 2.03 bits per heavy atom. The molecule has 5 heterocycles. The SMILES string of the molecule is CN1Cc2ccc(NC3NCC4C(=O)N5C/C=C/COCCOC6CCCC(N6)N5C4N3)cc2C(C)(C)C1. The summed E-state index contributed by atoms with van der Waals surface area (Å²) in [5, 5.41) is 18.8. The van der Waals surface area contributed by atoms with Crippen LogP contribution in [0, 0.1) is 5.92 Å². The van der Waals surface area contributed by atoms with Gasteiger partial charge in [-0.2, -0.15) is 5.01 Å². The maximum absolute atomic E-state index is 13.6. The Bertz CT molecular complexity index is 1050. The van der Waals surface area contributed by atoms with Crippen molar-refractivity contribution in [2.24, 2.45) is 5.92 Å². The quantitative estimate of drug-likeness (QED) is 0.427. The first-order valence-electron chi connectivity index (χ1n) is 14.2. The van der Waals surface area contributed by atoms with Crippen molar-refractivity contribution < 1.29 is 14.3 Å². The lowest BCUT2D eigenvalue weighted by atomic mass is 9.78. The van der Waals surface area contributed by atoms with Crippen LogP contribution in [-0.4, -0.2) is 92.2 Å². The summed E-state index contributed by atoms with van der Waals surface area (Å²) in [6, 6.07) is 6.73. The van der Waals surface area contributed by atoms with E-state index in [4.69, 9.17) is 9.47 Å². The molecule has 38 heavy (non-hydrogen) atoms. The van der Waals surface area contributed by atoms with Gasteiger partial charge in [0.1, 0.15) is 12.5 Å². The number of ether oxygens (including phenoxy) is 2. The van der Waals surface area contributed by atoms with Crippen molar-refractivity contribution in [1.29, 1.82) is 0 Å². The van der Waals surface area contributed by atoms with Gasteiger partial charge in [-0.3, -0.25) is 25.8 Å². The molecule has 5 aliphatic rings. The number of fused-ring (bicyclic) bond motifs is 7. The van der Waals surface area contributed by atoms with Crippen molar-refractivity contribution in [2.75, 3.05) is 51.8 Å². The van der Waals surface area contributed by atoms with Gasteiger partial charge in [-0.05, 0) is 49.6 Å². The standard InChI is InChI=1S/C28H43N7O3/c1-28(2)18-33(3)17-19-9-10-20(15-22(19)28)30-27-29-16-21-25(32-27)35-23-7-6-8-24(31-23)38-14-13-37-12-5-4-11-34(35)26(21)36/h4-5,9-10,15,21,23-25,27,29-32H,6-8,11-14,16-18H2,1-3H3/b5-4+. The molecule has 6 rings (SSSR count). The summed E-state index contributed by atoms with van der Waals surface area (Å²) in [6.07, 6.45) is 6.74. The van der Waals surface area contributed by atoms with Crippen LogP contribution in [0.2, 0.25) is 0 Å². The summed E-state index contributed by atoms with van der Waals surface area (Å²) in [5.41, 5.74) is 3.98. The second-order valence-corrected chi connectivity index (χ2v) is 12.0. The average Bonchev–Trinajstić information content (AvgIpc) is 3.16. The zero-order valence-electron chi connectivity index (χ0n) is 22.9. The number of amides is 1. The fourth-order valence-electron chi connectivity index (χ4n) is 6.85. The maximum Gasteiger partial charge on any atom is 0.244 e. The molecule has 1 aromatic carbocycles. The van der Waals surface area contributed by atoms with E-state index in [1.807, 2.05) is 17.2 Å². The van der Waals surface area contributed by atoms with Gasteiger partial charge in [0.05, 0.1) is 44.6 Å². The van der Waals surface area contributed by atoms with Gasteiger partial charge in [0.2, 0.25) is 5.91 Å². The number of anilines is 1. The van der Waals surface area contributed by atoms with E-state index in [1.54, 1.807) is 0 Å². The van der Waals surface area contributed by atoms with E-state index in [9.17, 15) is 4.79 Å². The fourth-order valence-corrected chi connectivity index (χ4v) is 6.85. The molecule has 10 heteroatoms. The van der Waals surface area contributed by atoms with Crippen LogP contribution in [0.25, 0.3) is 0 Å². The molecule has 0 aromatic heterocycles. The van der Waals surface area contributed by atoms with Gasteiger partial charge < -0.3 is 19.7 Å². The van der Waals surface area contributed by atoms with Crippen molar-refractivity contribution in [3.63, 3.8) is 0 Å². The first kappa shape index (κ1) is 26.2. The second-order valence-electron chi connectivity index (χ2n) is 12.0. The number of nitrogens with one attached hydrogen (secondary N) is 4. The van der Waals surface area contributed by atoms with Crippen LogP contribution < -0.4 is 21.3 Å². The van der Waals surface area contributed by atoms with E-state index < -0.39 is 0 Å². The molecule has 3 saturated heterocycles. The molecule has 5 unspecified atom stereocenters. The van der Waals surface area contributed by atoms with Crippen LogP contribution in [0.4, 0.5) is 5.69 Å². The van der Waals surface area contributed by atoms with Crippen molar-refractivity contribution in [1.82, 2.24) is 30.9 Å². The Kier molecular flexibility index (Phi) is 7.47. The Labute approximate surface area is 226 Å². The zero-order valence-corrected chi connectivity index (χ0v) is 22.9. The van der Waals surface area contributed by atoms with Gasteiger partial charge >= 0.3 is 0 Å². The van der Waals surface area contributed by atoms with Crippen LogP contribution in [0.5, 0.6) is 0 Å². The number of piperidine rings is 1. The van der Waals surface area contributed by atoms with Gasteiger partial charge in [0, 0.05) is 30.7 Å². The highest BCUT2D eigenvalue weighted by Crippen LogP contribution is 2.35. The zero-order chi connectivity index (χ0) is 26.3. The summed E-state index contributed by atoms with van der Waals surface area (Å²) in [6.45, 7) is 9.47. The highest BCUT2D eigenvalue weighted by atomic mass is 16.5. The van der Waals surface area contributed by atoms with Crippen LogP contribution >= 0.6 is 0 Å². The largest absolute Gasteiger partial charge is 0.375 e. The van der Waals surface area contributed by atoms with Gasteiger partial charge in [-0.25, -0.2) is 0 Å². The summed E-state index contributed by atoms with van der Waals surface area (Å²) >= 11 is 0. The number of nitrogens with zero attached hydrogens (tertiary/aromatic N) is 3. The molecular weight excluding hydrogens is 482 g/mol. The van der Waals surface area contributed by atoms with E-state index in [1.165, 1.54) is 11.1 Å². The molecule has 5 atom stereocenters. The Balaban J connectivity index is 1.21. The van der Waals surface area contributed by atoms with Gasteiger partial charge in [-0.1, -0.05) is 32.1 Å². The first-order valence-corrected chi connectivity index (χ1v) is 14.2. The summed E-state index contributed by atoms with van der Waals surface area (Å²) in [7, 11) is 2.19. The molecule has 10 nitrogen and oxygen atoms in total. The lowest BCUT2D eigenvalue weighted by Gasteiger charge is -2.45. The third-order valence-electron chi connectivity index (χ3n) is 8.50. The molecule has 4 N–H and O–H groups in total. The summed E-state index contributed by atoms with van der Waals surface area (Å²) < 4.78 is 11.7. The lowest BCUT2D eigenvalue weighted by Crippen LogP contribution is -2.68. The minimum Gasteiger partial charge on any atom is -0.375 e.